The monoisotopic (exact) mass is 278 g/mol. The fraction of sp³-hybridized carbons (Fsp3) is 0.0667. The number of pyridine rings is 1. The van der Waals surface area contributed by atoms with E-state index in [1.807, 2.05) is 6.07 Å². The second-order valence-corrected chi connectivity index (χ2v) is 4.36. The van der Waals surface area contributed by atoms with Gasteiger partial charge < -0.3 is 4.74 Å². The molecule has 0 bridgehead atoms. The number of aromatic amines is 1. The van der Waals surface area contributed by atoms with Crippen LogP contribution >= 0.6 is 0 Å². The van der Waals surface area contributed by atoms with Crippen molar-refractivity contribution in [2.45, 2.75) is 6.61 Å². The van der Waals surface area contributed by atoms with E-state index in [0.29, 0.717) is 16.5 Å². The number of H-pyrrole nitrogens is 1. The van der Waals surface area contributed by atoms with Gasteiger partial charge in [0.05, 0.1) is 28.7 Å². The van der Waals surface area contributed by atoms with Gasteiger partial charge >= 0.3 is 0 Å². The van der Waals surface area contributed by atoms with E-state index in [1.54, 1.807) is 24.3 Å². The maximum atomic E-state index is 11.9. The number of ether oxygens (including phenoxy) is 1. The first-order valence-electron chi connectivity index (χ1n) is 6.22. The highest BCUT2D eigenvalue weighted by atomic mass is 16.5. The molecule has 1 aromatic carbocycles. The Balaban J connectivity index is 1.85. The number of fused-ring (bicyclic) bond motifs is 1. The molecule has 0 aliphatic carbocycles. The van der Waals surface area contributed by atoms with Crippen molar-refractivity contribution in [2.24, 2.45) is 0 Å². The number of rotatable bonds is 3. The van der Waals surface area contributed by atoms with Gasteiger partial charge in [-0.15, -0.1) is 0 Å². The molecule has 6 nitrogen and oxygen atoms in total. The zero-order valence-corrected chi connectivity index (χ0v) is 10.9. The summed E-state index contributed by atoms with van der Waals surface area (Å²) in [7, 11) is 0. The van der Waals surface area contributed by atoms with Crippen molar-refractivity contribution < 1.29 is 4.74 Å². The fourth-order valence-corrected chi connectivity index (χ4v) is 1.92. The van der Waals surface area contributed by atoms with Gasteiger partial charge in [-0.3, -0.25) is 14.8 Å². The van der Waals surface area contributed by atoms with Crippen molar-refractivity contribution >= 4 is 10.9 Å². The van der Waals surface area contributed by atoms with E-state index < -0.39 is 0 Å². The van der Waals surface area contributed by atoms with Gasteiger partial charge in [-0.2, -0.15) is 10.2 Å². The minimum Gasteiger partial charge on any atom is -0.460 e. The molecule has 3 aromatic rings. The third kappa shape index (κ3) is 2.72. The Bertz CT molecular complexity index is 896. The van der Waals surface area contributed by atoms with E-state index in [1.165, 1.54) is 12.4 Å². The SMILES string of the molecule is N#Cc1cccc(COc2nc3cnccc3c(=O)[nH]2)c1. The molecule has 0 spiro atoms. The number of hydrogen-bond acceptors (Lipinski definition) is 5. The maximum Gasteiger partial charge on any atom is 0.297 e. The predicted molar refractivity (Wildman–Crippen MR) is 75.6 cm³/mol. The van der Waals surface area contributed by atoms with E-state index in [0.717, 1.165) is 5.56 Å². The molecule has 1 N–H and O–H groups in total. The molecule has 0 atom stereocenters. The largest absolute Gasteiger partial charge is 0.460 e. The molecule has 0 saturated heterocycles. The van der Waals surface area contributed by atoms with Gasteiger partial charge in [-0.05, 0) is 23.8 Å². The molecule has 0 aliphatic heterocycles. The summed E-state index contributed by atoms with van der Waals surface area (Å²) < 4.78 is 5.48. The highest BCUT2D eigenvalue weighted by Crippen LogP contribution is 2.11. The van der Waals surface area contributed by atoms with Crippen LogP contribution in [0.5, 0.6) is 6.01 Å². The van der Waals surface area contributed by atoms with E-state index in [-0.39, 0.29) is 18.2 Å². The highest BCUT2D eigenvalue weighted by molar-refractivity contribution is 5.76. The van der Waals surface area contributed by atoms with Crippen LogP contribution in [0.25, 0.3) is 10.9 Å². The summed E-state index contributed by atoms with van der Waals surface area (Å²) in [6.45, 7) is 0.213. The second kappa shape index (κ2) is 5.43. The molecule has 2 heterocycles. The van der Waals surface area contributed by atoms with Crippen molar-refractivity contribution in [3.63, 3.8) is 0 Å². The molecular weight excluding hydrogens is 268 g/mol. The lowest BCUT2D eigenvalue weighted by Gasteiger charge is -2.06. The van der Waals surface area contributed by atoms with Crippen LogP contribution in [0.15, 0.2) is 47.5 Å². The summed E-state index contributed by atoms with van der Waals surface area (Å²) in [6, 6.07) is 10.8. The van der Waals surface area contributed by atoms with Gasteiger partial charge in [0.1, 0.15) is 6.61 Å². The molecule has 0 radical (unpaired) electrons. The highest BCUT2D eigenvalue weighted by Gasteiger charge is 2.05. The summed E-state index contributed by atoms with van der Waals surface area (Å²) in [4.78, 5) is 22.5. The number of nitriles is 1. The smallest absolute Gasteiger partial charge is 0.297 e. The molecule has 0 saturated carbocycles. The van der Waals surface area contributed by atoms with Crippen molar-refractivity contribution in [3.8, 4) is 12.1 Å². The lowest BCUT2D eigenvalue weighted by molar-refractivity contribution is 0.281. The first-order chi connectivity index (χ1) is 10.3. The number of nitrogens with zero attached hydrogens (tertiary/aromatic N) is 3. The second-order valence-electron chi connectivity index (χ2n) is 4.36. The van der Waals surface area contributed by atoms with Crippen molar-refractivity contribution in [1.29, 1.82) is 5.26 Å². The molecule has 3 rings (SSSR count). The predicted octanol–water partition coefficient (Wildman–Crippen LogP) is 1.77. The van der Waals surface area contributed by atoms with Crippen LogP contribution in [0.2, 0.25) is 0 Å². The average molecular weight is 278 g/mol. The summed E-state index contributed by atoms with van der Waals surface area (Å²) in [6.07, 6.45) is 3.04. The third-order valence-corrected chi connectivity index (χ3v) is 2.92. The van der Waals surface area contributed by atoms with E-state index >= 15 is 0 Å². The Kier molecular flexibility index (Phi) is 3.31. The van der Waals surface area contributed by atoms with Crippen molar-refractivity contribution in [1.82, 2.24) is 15.0 Å². The summed E-state index contributed by atoms with van der Waals surface area (Å²) >= 11 is 0. The number of nitrogens with one attached hydrogen (secondary N) is 1. The van der Waals surface area contributed by atoms with E-state index in [2.05, 4.69) is 21.0 Å². The van der Waals surface area contributed by atoms with Gasteiger partial charge in [0, 0.05) is 6.20 Å². The minimum absolute atomic E-state index is 0.128. The van der Waals surface area contributed by atoms with Gasteiger partial charge in [-0.1, -0.05) is 12.1 Å². The molecular formula is C15H10N4O2. The molecule has 0 aliphatic rings. The van der Waals surface area contributed by atoms with Crippen molar-refractivity contribution in [2.75, 3.05) is 0 Å². The quantitative estimate of drug-likeness (QED) is 0.788. The van der Waals surface area contributed by atoms with E-state index in [9.17, 15) is 4.79 Å². The third-order valence-electron chi connectivity index (χ3n) is 2.92. The molecule has 0 amide bonds. The Hall–Kier alpha value is -3.20. The number of hydrogen-bond donors (Lipinski definition) is 1. The number of benzene rings is 1. The Morgan fingerprint density at radius 3 is 3.10 bits per heavy atom. The minimum atomic E-state index is -0.275. The van der Waals surface area contributed by atoms with Crippen LogP contribution in [0.1, 0.15) is 11.1 Å². The first kappa shape index (κ1) is 12.8. The Morgan fingerprint density at radius 1 is 1.33 bits per heavy atom. The molecule has 102 valence electrons. The van der Waals surface area contributed by atoms with Crippen LogP contribution in [0, 0.1) is 11.3 Å². The van der Waals surface area contributed by atoms with Crippen LogP contribution < -0.4 is 10.3 Å². The summed E-state index contributed by atoms with van der Waals surface area (Å²) in [5.74, 6) is 0. The topological polar surface area (TPSA) is 91.7 Å². The van der Waals surface area contributed by atoms with Gasteiger partial charge in [-0.25, -0.2) is 0 Å². The molecule has 0 fully saturated rings. The van der Waals surface area contributed by atoms with Crippen molar-refractivity contribution in [3.05, 3.63) is 64.2 Å². The van der Waals surface area contributed by atoms with Gasteiger partial charge in [0.15, 0.2) is 0 Å². The Labute approximate surface area is 119 Å². The zero-order valence-electron chi connectivity index (χ0n) is 10.9. The molecule has 0 unspecified atom stereocenters. The first-order valence-corrected chi connectivity index (χ1v) is 6.22. The maximum absolute atomic E-state index is 11.9. The zero-order chi connectivity index (χ0) is 14.7. The standard InChI is InChI=1S/C15H10N4O2/c16-7-10-2-1-3-11(6-10)9-21-15-18-13-8-17-5-4-12(13)14(20)19-15/h1-6,8H,9H2,(H,18,19,20). The molecule has 2 aromatic heterocycles. The summed E-state index contributed by atoms with van der Waals surface area (Å²) in [5.41, 5.74) is 1.58. The fourth-order valence-electron chi connectivity index (χ4n) is 1.92. The normalized spacial score (nSPS) is 10.2. The lowest BCUT2D eigenvalue weighted by atomic mass is 10.1. The Morgan fingerprint density at radius 2 is 2.24 bits per heavy atom. The van der Waals surface area contributed by atoms with Gasteiger partial charge in [0.2, 0.25) is 0 Å². The van der Waals surface area contributed by atoms with Crippen LogP contribution in [-0.2, 0) is 6.61 Å². The van der Waals surface area contributed by atoms with Crippen LogP contribution in [-0.4, -0.2) is 15.0 Å². The average Bonchev–Trinajstić information content (AvgIpc) is 2.53. The molecule has 6 heteroatoms. The van der Waals surface area contributed by atoms with Crippen LogP contribution in [0.3, 0.4) is 0 Å². The lowest BCUT2D eigenvalue weighted by Crippen LogP contribution is -2.11. The van der Waals surface area contributed by atoms with Crippen LogP contribution in [0.4, 0.5) is 0 Å². The number of aromatic nitrogens is 3. The van der Waals surface area contributed by atoms with Gasteiger partial charge in [0.25, 0.3) is 11.6 Å². The summed E-state index contributed by atoms with van der Waals surface area (Å²) in [5, 5.41) is 9.31. The van der Waals surface area contributed by atoms with E-state index in [4.69, 9.17) is 10.00 Å². The molecule has 21 heavy (non-hydrogen) atoms.